The van der Waals surface area contributed by atoms with Crippen molar-refractivity contribution in [3.63, 3.8) is 0 Å². The maximum absolute atomic E-state index is 12.2. The summed E-state index contributed by atoms with van der Waals surface area (Å²) in [6.45, 7) is 2.94. The van der Waals surface area contributed by atoms with Crippen molar-refractivity contribution in [2.75, 3.05) is 26.2 Å². The molecule has 0 saturated carbocycles. The average molecular weight is 386 g/mol. The van der Waals surface area contributed by atoms with Crippen LogP contribution in [0.15, 0.2) is 30.5 Å². The third-order valence-electron chi connectivity index (χ3n) is 5.61. The van der Waals surface area contributed by atoms with Crippen molar-refractivity contribution in [3.05, 3.63) is 36.0 Å². The predicted octanol–water partition coefficient (Wildman–Crippen LogP) is 2.21. The van der Waals surface area contributed by atoms with Crippen LogP contribution in [0, 0.1) is 5.92 Å². The summed E-state index contributed by atoms with van der Waals surface area (Å²) in [6.07, 6.45) is 7.12. The molecule has 2 aromatic rings. The first-order valence-corrected chi connectivity index (χ1v) is 10.1. The van der Waals surface area contributed by atoms with E-state index in [0.29, 0.717) is 25.4 Å². The van der Waals surface area contributed by atoms with Crippen LogP contribution in [0.25, 0.3) is 10.9 Å². The van der Waals surface area contributed by atoms with Gasteiger partial charge in [-0.1, -0.05) is 18.2 Å². The molecular weight excluding hydrogens is 356 g/mol. The van der Waals surface area contributed by atoms with Gasteiger partial charge in [0.1, 0.15) is 0 Å². The Morgan fingerprint density at radius 3 is 2.75 bits per heavy atom. The van der Waals surface area contributed by atoms with Crippen molar-refractivity contribution < 1.29 is 14.8 Å². The summed E-state index contributed by atoms with van der Waals surface area (Å²) in [5.74, 6) is 0.368. The standard InChI is InChI=1S/C21H30N4O3/c26-20(24-28)7-3-4-16-9-12-25(13-10-16)15-21(27)22-11-8-17-14-23-19-6-2-1-5-18(17)19/h1-2,5-6,14,16,23,28H,3-4,7-13,15H2,(H,22,27)(H,24,26). The Labute approximate surface area is 165 Å². The molecule has 1 aromatic heterocycles. The third-order valence-corrected chi connectivity index (χ3v) is 5.61. The van der Waals surface area contributed by atoms with Gasteiger partial charge >= 0.3 is 0 Å². The molecule has 1 fully saturated rings. The quantitative estimate of drug-likeness (QED) is 0.392. The molecule has 152 valence electrons. The number of piperidine rings is 1. The molecular formula is C21H30N4O3. The van der Waals surface area contributed by atoms with E-state index in [2.05, 4.69) is 27.3 Å². The van der Waals surface area contributed by atoms with E-state index in [1.165, 1.54) is 10.9 Å². The van der Waals surface area contributed by atoms with Crippen molar-refractivity contribution in [2.45, 2.75) is 38.5 Å². The maximum atomic E-state index is 12.2. The second kappa shape index (κ2) is 10.2. The molecule has 1 aromatic carbocycles. The molecule has 0 radical (unpaired) electrons. The summed E-state index contributed by atoms with van der Waals surface area (Å²) >= 11 is 0. The first-order valence-electron chi connectivity index (χ1n) is 10.1. The minimum atomic E-state index is -0.318. The number of hydrogen-bond acceptors (Lipinski definition) is 4. The molecule has 0 atom stereocenters. The number of amides is 2. The van der Waals surface area contributed by atoms with Gasteiger partial charge in [-0.2, -0.15) is 0 Å². The van der Waals surface area contributed by atoms with E-state index in [9.17, 15) is 9.59 Å². The Morgan fingerprint density at radius 2 is 1.96 bits per heavy atom. The van der Waals surface area contributed by atoms with Gasteiger partial charge in [-0.05, 0) is 62.7 Å². The number of para-hydroxylation sites is 1. The monoisotopic (exact) mass is 386 g/mol. The molecule has 28 heavy (non-hydrogen) atoms. The molecule has 3 rings (SSSR count). The zero-order valence-electron chi connectivity index (χ0n) is 16.2. The van der Waals surface area contributed by atoms with Gasteiger partial charge in [0, 0.05) is 30.1 Å². The summed E-state index contributed by atoms with van der Waals surface area (Å²) < 4.78 is 0. The van der Waals surface area contributed by atoms with Gasteiger partial charge in [0.2, 0.25) is 11.8 Å². The fourth-order valence-electron chi connectivity index (χ4n) is 3.97. The molecule has 4 N–H and O–H groups in total. The molecule has 2 amide bonds. The normalized spacial score (nSPS) is 15.6. The number of likely N-dealkylation sites (tertiary alicyclic amines) is 1. The lowest BCUT2D eigenvalue weighted by molar-refractivity contribution is -0.129. The van der Waals surface area contributed by atoms with E-state index in [1.807, 2.05) is 18.3 Å². The fourth-order valence-corrected chi connectivity index (χ4v) is 3.97. The number of hydroxylamine groups is 1. The highest BCUT2D eigenvalue weighted by atomic mass is 16.5. The molecule has 1 aliphatic rings. The Balaban J connectivity index is 1.31. The molecule has 7 heteroatoms. The second-order valence-electron chi connectivity index (χ2n) is 7.61. The Morgan fingerprint density at radius 1 is 1.18 bits per heavy atom. The lowest BCUT2D eigenvalue weighted by atomic mass is 9.91. The number of nitrogens with one attached hydrogen (secondary N) is 3. The summed E-state index contributed by atoms with van der Waals surface area (Å²) in [6, 6.07) is 8.20. The van der Waals surface area contributed by atoms with Gasteiger partial charge in [0.15, 0.2) is 0 Å². The van der Waals surface area contributed by atoms with Crippen LogP contribution in [0.3, 0.4) is 0 Å². The van der Waals surface area contributed by atoms with Gasteiger partial charge < -0.3 is 10.3 Å². The smallest absolute Gasteiger partial charge is 0.243 e. The number of aromatic amines is 1. The number of aromatic nitrogens is 1. The number of rotatable bonds is 9. The Bertz CT molecular complexity index is 781. The van der Waals surface area contributed by atoms with E-state index in [0.717, 1.165) is 50.7 Å². The topological polar surface area (TPSA) is 97.5 Å². The van der Waals surface area contributed by atoms with Crippen LogP contribution in [-0.4, -0.2) is 53.1 Å². The van der Waals surface area contributed by atoms with Crippen molar-refractivity contribution >= 4 is 22.7 Å². The molecule has 2 heterocycles. The van der Waals surface area contributed by atoms with Crippen LogP contribution >= 0.6 is 0 Å². The van der Waals surface area contributed by atoms with E-state index in [-0.39, 0.29) is 11.8 Å². The summed E-state index contributed by atoms with van der Waals surface area (Å²) in [5, 5.41) is 12.8. The van der Waals surface area contributed by atoms with Crippen LogP contribution in [0.2, 0.25) is 0 Å². The van der Waals surface area contributed by atoms with Crippen molar-refractivity contribution in [2.24, 2.45) is 5.92 Å². The first kappa shape index (κ1) is 20.4. The minimum Gasteiger partial charge on any atom is -0.361 e. The number of benzene rings is 1. The average Bonchev–Trinajstić information content (AvgIpc) is 3.12. The maximum Gasteiger partial charge on any atom is 0.243 e. The summed E-state index contributed by atoms with van der Waals surface area (Å²) in [7, 11) is 0. The van der Waals surface area contributed by atoms with Crippen LogP contribution in [-0.2, 0) is 16.0 Å². The molecule has 0 bridgehead atoms. The Kier molecular flexibility index (Phi) is 7.45. The largest absolute Gasteiger partial charge is 0.361 e. The second-order valence-corrected chi connectivity index (χ2v) is 7.61. The highest BCUT2D eigenvalue weighted by molar-refractivity contribution is 5.83. The zero-order chi connectivity index (χ0) is 19.8. The third kappa shape index (κ3) is 5.81. The molecule has 7 nitrogen and oxygen atoms in total. The Hall–Kier alpha value is -2.38. The molecule has 0 spiro atoms. The SMILES string of the molecule is O=C(CCCC1CCN(CC(=O)NCCc2c[nH]c3ccccc23)CC1)NO. The van der Waals surface area contributed by atoms with Crippen LogP contribution in [0.4, 0.5) is 0 Å². The predicted molar refractivity (Wildman–Crippen MR) is 108 cm³/mol. The van der Waals surface area contributed by atoms with E-state index >= 15 is 0 Å². The van der Waals surface area contributed by atoms with E-state index in [1.54, 1.807) is 5.48 Å². The molecule has 0 unspecified atom stereocenters. The number of H-pyrrole nitrogens is 1. The van der Waals surface area contributed by atoms with Crippen molar-refractivity contribution in [1.29, 1.82) is 0 Å². The molecule has 0 aliphatic carbocycles. The zero-order valence-corrected chi connectivity index (χ0v) is 16.2. The number of fused-ring (bicyclic) bond motifs is 1. The lowest BCUT2D eigenvalue weighted by Gasteiger charge is -2.31. The minimum absolute atomic E-state index is 0.0814. The summed E-state index contributed by atoms with van der Waals surface area (Å²) in [4.78, 5) is 28.7. The number of carbonyl (C=O) groups excluding carboxylic acids is 2. The molecule has 1 aliphatic heterocycles. The highest BCUT2D eigenvalue weighted by Gasteiger charge is 2.20. The molecule has 1 saturated heterocycles. The van der Waals surface area contributed by atoms with Gasteiger partial charge in [-0.15, -0.1) is 0 Å². The lowest BCUT2D eigenvalue weighted by Crippen LogP contribution is -2.42. The van der Waals surface area contributed by atoms with E-state index in [4.69, 9.17) is 5.21 Å². The highest BCUT2D eigenvalue weighted by Crippen LogP contribution is 2.22. The van der Waals surface area contributed by atoms with Crippen LogP contribution in [0.1, 0.15) is 37.7 Å². The van der Waals surface area contributed by atoms with Gasteiger partial charge in [-0.25, -0.2) is 5.48 Å². The van der Waals surface area contributed by atoms with Gasteiger partial charge in [0.25, 0.3) is 0 Å². The number of hydrogen-bond donors (Lipinski definition) is 4. The fraction of sp³-hybridized carbons (Fsp3) is 0.524. The summed E-state index contributed by atoms with van der Waals surface area (Å²) in [5.41, 5.74) is 4.03. The van der Waals surface area contributed by atoms with Gasteiger partial charge in [-0.3, -0.25) is 19.7 Å². The van der Waals surface area contributed by atoms with Gasteiger partial charge in [0.05, 0.1) is 6.54 Å². The first-order chi connectivity index (χ1) is 13.7. The van der Waals surface area contributed by atoms with Crippen LogP contribution < -0.4 is 10.8 Å². The van der Waals surface area contributed by atoms with Crippen LogP contribution in [0.5, 0.6) is 0 Å². The van der Waals surface area contributed by atoms with Crippen molar-refractivity contribution in [1.82, 2.24) is 20.7 Å². The number of carbonyl (C=O) groups is 2. The number of nitrogens with zero attached hydrogens (tertiary/aromatic N) is 1. The van der Waals surface area contributed by atoms with Crippen molar-refractivity contribution in [3.8, 4) is 0 Å². The van der Waals surface area contributed by atoms with E-state index < -0.39 is 0 Å².